The number of anilines is 1. The summed E-state index contributed by atoms with van der Waals surface area (Å²) in [4.78, 5) is 26.7. The van der Waals surface area contributed by atoms with Gasteiger partial charge in [-0.25, -0.2) is 0 Å². The second-order valence-corrected chi connectivity index (χ2v) is 9.21. The maximum Gasteiger partial charge on any atom is 0.228 e. The highest BCUT2D eigenvalue weighted by molar-refractivity contribution is 8.01. The predicted octanol–water partition coefficient (Wildman–Crippen LogP) is 4.65. The standard InChI is InChI=1S/C20H25N3O2S2/c1-6-18(25)23(15-7-8-15)19-21-22-20(27-19)26-10-17(24)16-9-11(2)12(3)13(4)14(16)5/h9,15H,6-8,10H2,1-5H3. The van der Waals surface area contributed by atoms with E-state index in [-0.39, 0.29) is 17.7 Å². The van der Waals surface area contributed by atoms with Crippen molar-refractivity contribution in [3.63, 3.8) is 0 Å². The smallest absolute Gasteiger partial charge is 0.228 e. The maximum atomic E-state index is 12.7. The number of benzene rings is 1. The molecule has 5 nitrogen and oxygen atoms in total. The summed E-state index contributed by atoms with van der Waals surface area (Å²) in [6.45, 7) is 10.1. The molecule has 1 heterocycles. The number of Topliss-reactive ketones (excluding diaryl/α,β-unsaturated/α-hetero) is 1. The summed E-state index contributed by atoms with van der Waals surface area (Å²) in [6, 6.07) is 2.26. The number of carbonyl (C=O) groups is 2. The van der Waals surface area contributed by atoms with Crippen LogP contribution in [0.1, 0.15) is 58.8 Å². The van der Waals surface area contributed by atoms with E-state index in [1.165, 1.54) is 34.2 Å². The molecule has 3 rings (SSSR count). The fourth-order valence-corrected chi connectivity index (χ4v) is 4.85. The molecule has 1 aromatic carbocycles. The van der Waals surface area contributed by atoms with Crippen molar-refractivity contribution in [2.24, 2.45) is 0 Å². The monoisotopic (exact) mass is 403 g/mol. The Morgan fingerprint density at radius 2 is 1.85 bits per heavy atom. The quantitative estimate of drug-likeness (QED) is 0.382. The van der Waals surface area contributed by atoms with Crippen molar-refractivity contribution in [1.29, 1.82) is 0 Å². The minimum atomic E-state index is 0.0857. The first-order valence-electron chi connectivity index (χ1n) is 9.22. The van der Waals surface area contributed by atoms with Gasteiger partial charge in [-0.1, -0.05) is 30.0 Å². The van der Waals surface area contributed by atoms with E-state index in [4.69, 9.17) is 0 Å². The molecule has 0 aliphatic heterocycles. The summed E-state index contributed by atoms with van der Waals surface area (Å²) < 4.78 is 0.728. The number of amides is 1. The number of aromatic nitrogens is 2. The summed E-state index contributed by atoms with van der Waals surface area (Å²) in [7, 11) is 0. The van der Waals surface area contributed by atoms with Gasteiger partial charge in [-0.15, -0.1) is 10.2 Å². The van der Waals surface area contributed by atoms with Crippen molar-refractivity contribution in [3.05, 3.63) is 33.9 Å². The number of aryl methyl sites for hydroxylation is 1. The van der Waals surface area contributed by atoms with Crippen LogP contribution in [0.2, 0.25) is 0 Å². The maximum absolute atomic E-state index is 12.7. The van der Waals surface area contributed by atoms with Gasteiger partial charge in [0.1, 0.15) is 0 Å². The molecule has 27 heavy (non-hydrogen) atoms. The first kappa shape index (κ1) is 20.0. The first-order chi connectivity index (χ1) is 12.8. The lowest BCUT2D eigenvalue weighted by Gasteiger charge is -2.17. The molecular weight excluding hydrogens is 378 g/mol. The Morgan fingerprint density at radius 1 is 1.15 bits per heavy atom. The van der Waals surface area contributed by atoms with E-state index < -0.39 is 0 Å². The third-order valence-corrected chi connectivity index (χ3v) is 7.25. The van der Waals surface area contributed by atoms with Crippen LogP contribution in [0, 0.1) is 27.7 Å². The van der Waals surface area contributed by atoms with Gasteiger partial charge in [0.25, 0.3) is 0 Å². The zero-order chi connectivity index (χ0) is 19.7. The molecule has 2 aromatic rings. The minimum Gasteiger partial charge on any atom is -0.293 e. The summed E-state index contributed by atoms with van der Waals surface area (Å²) in [6.07, 6.45) is 2.51. The number of ketones is 1. The van der Waals surface area contributed by atoms with Crippen LogP contribution < -0.4 is 4.90 Å². The lowest BCUT2D eigenvalue weighted by Crippen LogP contribution is -2.32. The second-order valence-electron chi connectivity index (χ2n) is 7.03. The average Bonchev–Trinajstić information content (AvgIpc) is 3.38. The molecular formula is C20H25N3O2S2. The molecule has 0 unspecified atom stereocenters. The third-order valence-electron chi connectivity index (χ3n) is 5.19. The molecule has 1 aliphatic carbocycles. The first-order valence-corrected chi connectivity index (χ1v) is 11.0. The number of carbonyl (C=O) groups excluding carboxylic acids is 2. The van der Waals surface area contributed by atoms with Gasteiger partial charge >= 0.3 is 0 Å². The van der Waals surface area contributed by atoms with Gasteiger partial charge in [-0.05, 0) is 68.9 Å². The Kier molecular flexibility index (Phi) is 6.01. The third kappa shape index (κ3) is 4.24. The molecule has 0 radical (unpaired) electrons. The van der Waals surface area contributed by atoms with Gasteiger partial charge in [0, 0.05) is 18.0 Å². The van der Waals surface area contributed by atoms with Crippen LogP contribution in [0.4, 0.5) is 5.13 Å². The molecule has 0 atom stereocenters. The Labute approximate surface area is 168 Å². The van der Waals surface area contributed by atoms with Crippen molar-refractivity contribution in [2.45, 2.75) is 64.3 Å². The highest BCUT2D eigenvalue weighted by atomic mass is 32.2. The lowest BCUT2D eigenvalue weighted by molar-refractivity contribution is -0.118. The van der Waals surface area contributed by atoms with Gasteiger partial charge in [-0.2, -0.15) is 0 Å². The molecule has 0 N–H and O–H groups in total. The number of thioether (sulfide) groups is 1. The number of hydrogen-bond acceptors (Lipinski definition) is 6. The largest absolute Gasteiger partial charge is 0.293 e. The summed E-state index contributed by atoms with van der Waals surface area (Å²) in [5.74, 6) is 0.509. The number of hydrogen-bond donors (Lipinski definition) is 0. The molecule has 0 saturated heterocycles. The fourth-order valence-electron chi connectivity index (χ4n) is 3.03. The Balaban J connectivity index is 1.70. The predicted molar refractivity (Wildman–Crippen MR) is 111 cm³/mol. The van der Waals surface area contributed by atoms with E-state index in [0.717, 1.165) is 33.9 Å². The van der Waals surface area contributed by atoms with Crippen LogP contribution in [-0.2, 0) is 4.79 Å². The molecule has 1 aliphatic rings. The van der Waals surface area contributed by atoms with Crippen molar-refractivity contribution >= 4 is 39.9 Å². The molecule has 0 spiro atoms. The molecule has 1 fully saturated rings. The van der Waals surface area contributed by atoms with E-state index >= 15 is 0 Å². The van der Waals surface area contributed by atoms with Crippen molar-refractivity contribution < 1.29 is 9.59 Å². The lowest BCUT2D eigenvalue weighted by atomic mass is 9.93. The summed E-state index contributed by atoms with van der Waals surface area (Å²) in [5.41, 5.74) is 5.40. The second kappa shape index (κ2) is 8.10. The molecule has 144 valence electrons. The SMILES string of the molecule is CCC(=O)N(c1nnc(SCC(=O)c2cc(C)c(C)c(C)c2C)s1)C1CC1. The summed E-state index contributed by atoms with van der Waals surface area (Å²) >= 11 is 2.79. The van der Waals surface area contributed by atoms with E-state index in [1.54, 1.807) is 4.90 Å². The van der Waals surface area contributed by atoms with E-state index in [2.05, 4.69) is 24.0 Å². The Morgan fingerprint density at radius 3 is 2.48 bits per heavy atom. The van der Waals surface area contributed by atoms with Crippen LogP contribution in [0.15, 0.2) is 10.4 Å². The van der Waals surface area contributed by atoms with Gasteiger partial charge in [0.2, 0.25) is 11.0 Å². The van der Waals surface area contributed by atoms with Crippen LogP contribution >= 0.6 is 23.1 Å². The normalized spacial score (nSPS) is 13.7. The van der Waals surface area contributed by atoms with Gasteiger partial charge in [0.15, 0.2) is 10.1 Å². The van der Waals surface area contributed by atoms with Crippen LogP contribution in [-0.4, -0.2) is 33.7 Å². The van der Waals surface area contributed by atoms with Crippen molar-refractivity contribution in [3.8, 4) is 0 Å². The van der Waals surface area contributed by atoms with Crippen molar-refractivity contribution in [1.82, 2.24) is 10.2 Å². The van der Waals surface area contributed by atoms with E-state index in [1.807, 2.05) is 26.8 Å². The van der Waals surface area contributed by atoms with Gasteiger partial charge in [0.05, 0.1) is 5.75 Å². The van der Waals surface area contributed by atoms with E-state index in [0.29, 0.717) is 17.3 Å². The summed E-state index contributed by atoms with van der Waals surface area (Å²) in [5, 5.41) is 9.03. The van der Waals surface area contributed by atoms with E-state index in [9.17, 15) is 9.59 Å². The fraction of sp³-hybridized carbons (Fsp3) is 0.500. The highest BCUT2D eigenvalue weighted by Crippen LogP contribution is 2.36. The Bertz CT molecular complexity index is 888. The molecule has 1 amide bonds. The number of rotatable bonds is 7. The van der Waals surface area contributed by atoms with Crippen LogP contribution in [0.5, 0.6) is 0 Å². The molecule has 0 bridgehead atoms. The van der Waals surface area contributed by atoms with Gasteiger partial charge < -0.3 is 0 Å². The van der Waals surface area contributed by atoms with Crippen LogP contribution in [0.25, 0.3) is 0 Å². The zero-order valence-electron chi connectivity index (χ0n) is 16.5. The average molecular weight is 404 g/mol. The minimum absolute atomic E-state index is 0.0857. The number of nitrogens with zero attached hydrogens (tertiary/aromatic N) is 3. The van der Waals surface area contributed by atoms with Gasteiger partial charge in [-0.3, -0.25) is 14.5 Å². The van der Waals surface area contributed by atoms with Crippen LogP contribution in [0.3, 0.4) is 0 Å². The zero-order valence-corrected chi connectivity index (χ0v) is 18.1. The topological polar surface area (TPSA) is 63.2 Å². The molecule has 1 saturated carbocycles. The highest BCUT2D eigenvalue weighted by Gasteiger charge is 2.35. The Hall–Kier alpha value is -1.73. The molecule has 7 heteroatoms. The van der Waals surface area contributed by atoms with Crippen molar-refractivity contribution in [2.75, 3.05) is 10.7 Å². The molecule has 1 aromatic heterocycles.